The van der Waals surface area contributed by atoms with Crippen molar-refractivity contribution in [3.05, 3.63) is 0 Å². The molecule has 1 aliphatic carbocycles. The van der Waals surface area contributed by atoms with Gasteiger partial charge in [0, 0.05) is 6.04 Å². The number of nitrogens with zero attached hydrogens (tertiary/aromatic N) is 1. The predicted octanol–water partition coefficient (Wildman–Crippen LogP) is 1.08. The molecule has 2 heteroatoms. The van der Waals surface area contributed by atoms with Crippen LogP contribution in [0.4, 0.5) is 0 Å². The Kier molecular flexibility index (Phi) is 2.66. The van der Waals surface area contributed by atoms with Crippen LogP contribution in [0.5, 0.6) is 0 Å². The van der Waals surface area contributed by atoms with Gasteiger partial charge in [0.1, 0.15) is 0 Å². The standard InChI is InChI=1S/C10H20N2/c1-12(10-2-3-10)7-5-9-4-6-11-8-9/h9-11H,2-8H2,1H3. The zero-order chi connectivity index (χ0) is 8.39. The maximum Gasteiger partial charge on any atom is 0.00933 e. The smallest absolute Gasteiger partial charge is 0.00933 e. The van der Waals surface area contributed by atoms with E-state index in [4.69, 9.17) is 0 Å². The summed E-state index contributed by atoms with van der Waals surface area (Å²) in [5.41, 5.74) is 0. The number of hydrogen-bond donors (Lipinski definition) is 1. The van der Waals surface area contributed by atoms with Crippen LogP contribution in [-0.2, 0) is 0 Å². The Morgan fingerprint density at radius 1 is 1.33 bits per heavy atom. The Labute approximate surface area is 75.3 Å². The second-order valence-electron chi connectivity index (χ2n) is 4.36. The average Bonchev–Trinajstić information content (AvgIpc) is 2.80. The van der Waals surface area contributed by atoms with E-state index < -0.39 is 0 Å². The third-order valence-electron chi connectivity index (χ3n) is 3.22. The largest absolute Gasteiger partial charge is 0.316 e. The van der Waals surface area contributed by atoms with Gasteiger partial charge in [0.15, 0.2) is 0 Å². The first kappa shape index (κ1) is 8.52. The first-order chi connectivity index (χ1) is 5.86. The van der Waals surface area contributed by atoms with Gasteiger partial charge in [0.25, 0.3) is 0 Å². The molecule has 2 fully saturated rings. The summed E-state index contributed by atoms with van der Waals surface area (Å²) in [5.74, 6) is 0.964. The summed E-state index contributed by atoms with van der Waals surface area (Å²) in [5, 5.41) is 3.42. The van der Waals surface area contributed by atoms with E-state index in [9.17, 15) is 0 Å². The fraction of sp³-hybridized carbons (Fsp3) is 1.00. The number of nitrogens with one attached hydrogen (secondary N) is 1. The minimum Gasteiger partial charge on any atom is -0.316 e. The summed E-state index contributed by atoms with van der Waals surface area (Å²) in [4.78, 5) is 2.54. The molecule has 1 aliphatic heterocycles. The Morgan fingerprint density at radius 2 is 2.17 bits per heavy atom. The van der Waals surface area contributed by atoms with Gasteiger partial charge in [-0.05, 0) is 58.3 Å². The van der Waals surface area contributed by atoms with Crippen LogP contribution in [0.1, 0.15) is 25.7 Å². The zero-order valence-corrected chi connectivity index (χ0v) is 8.05. The Morgan fingerprint density at radius 3 is 2.75 bits per heavy atom. The molecule has 1 unspecified atom stereocenters. The van der Waals surface area contributed by atoms with E-state index in [2.05, 4.69) is 17.3 Å². The highest BCUT2D eigenvalue weighted by Crippen LogP contribution is 2.26. The van der Waals surface area contributed by atoms with Crippen molar-refractivity contribution >= 4 is 0 Å². The molecule has 1 saturated carbocycles. The van der Waals surface area contributed by atoms with Gasteiger partial charge in [-0.3, -0.25) is 0 Å². The second kappa shape index (κ2) is 3.75. The highest BCUT2D eigenvalue weighted by atomic mass is 15.1. The maximum atomic E-state index is 3.42. The average molecular weight is 168 g/mol. The summed E-state index contributed by atoms with van der Waals surface area (Å²) < 4.78 is 0. The molecule has 1 heterocycles. The maximum absolute atomic E-state index is 3.42. The summed E-state index contributed by atoms with van der Waals surface area (Å²) in [6, 6.07) is 0.944. The molecule has 1 saturated heterocycles. The van der Waals surface area contributed by atoms with Gasteiger partial charge in [-0.15, -0.1) is 0 Å². The van der Waals surface area contributed by atoms with Crippen LogP contribution in [0.15, 0.2) is 0 Å². The van der Waals surface area contributed by atoms with Gasteiger partial charge in [0.2, 0.25) is 0 Å². The van der Waals surface area contributed by atoms with Crippen LogP contribution < -0.4 is 5.32 Å². The van der Waals surface area contributed by atoms with Crippen molar-refractivity contribution < 1.29 is 0 Å². The lowest BCUT2D eigenvalue weighted by Gasteiger charge is -2.17. The first-order valence-electron chi connectivity index (χ1n) is 5.27. The van der Waals surface area contributed by atoms with E-state index in [1.54, 1.807) is 0 Å². The highest BCUT2D eigenvalue weighted by molar-refractivity contribution is 4.83. The van der Waals surface area contributed by atoms with Crippen LogP contribution >= 0.6 is 0 Å². The molecule has 2 rings (SSSR count). The molecule has 0 aromatic carbocycles. The molecule has 2 aliphatic rings. The molecular weight excluding hydrogens is 148 g/mol. The van der Waals surface area contributed by atoms with Crippen molar-refractivity contribution in [3.8, 4) is 0 Å². The van der Waals surface area contributed by atoms with Gasteiger partial charge in [-0.1, -0.05) is 0 Å². The minimum atomic E-state index is 0.944. The van der Waals surface area contributed by atoms with E-state index in [0.29, 0.717) is 0 Å². The highest BCUT2D eigenvalue weighted by Gasteiger charge is 2.26. The molecule has 1 N–H and O–H groups in total. The van der Waals surface area contributed by atoms with Crippen molar-refractivity contribution in [1.82, 2.24) is 10.2 Å². The third-order valence-corrected chi connectivity index (χ3v) is 3.22. The molecular formula is C10H20N2. The topological polar surface area (TPSA) is 15.3 Å². The molecule has 2 nitrogen and oxygen atoms in total. The third kappa shape index (κ3) is 2.20. The first-order valence-corrected chi connectivity index (χ1v) is 5.27. The van der Waals surface area contributed by atoms with Crippen molar-refractivity contribution in [2.45, 2.75) is 31.7 Å². The van der Waals surface area contributed by atoms with Gasteiger partial charge in [-0.2, -0.15) is 0 Å². The van der Waals surface area contributed by atoms with E-state index in [0.717, 1.165) is 12.0 Å². The fourth-order valence-electron chi connectivity index (χ4n) is 2.04. The van der Waals surface area contributed by atoms with E-state index in [1.165, 1.54) is 45.3 Å². The lowest BCUT2D eigenvalue weighted by atomic mass is 10.1. The zero-order valence-electron chi connectivity index (χ0n) is 8.05. The van der Waals surface area contributed by atoms with E-state index in [-0.39, 0.29) is 0 Å². The normalized spacial score (nSPS) is 30.0. The lowest BCUT2D eigenvalue weighted by molar-refractivity contribution is 0.296. The summed E-state index contributed by atoms with van der Waals surface area (Å²) in [6.45, 7) is 3.83. The van der Waals surface area contributed by atoms with E-state index >= 15 is 0 Å². The quantitative estimate of drug-likeness (QED) is 0.676. The molecule has 0 bridgehead atoms. The Balaban J connectivity index is 1.60. The molecule has 1 atom stereocenters. The van der Waals surface area contributed by atoms with Crippen LogP contribution in [0.2, 0.25) is 0 Å². The molecule has 0 radical (unpaired) electrons. The van der Waals surface area contributed by atoms with Crippen molar-refractivity contribution in [2.75, 3.05) is 26.7 Å². The van der Waals surface area contributed by atoms with Crippen LogP contribution in [0.25, 0.3) is 0 Å². The number of hydrogen-bond acceptors (Lipinski definition) is 2. The second-order valence-corrected chi connectivity index (χ2v) is 4.36. The molecule has 0 amide bonds. The van der Waals surface area contributed by atoms with Gasteiger partial charge >= 0.3 is 0 Å². The van der Waals surface area contributed by atoms with Crippen LogP contribution in [-0.4, -0.2) is 37.6 Å². The van der Waals surface area contributed by atoms with Crippen molar-refractivity contribution in [2.24, 2.45) is 5.92 Å². The molecule has 0 aromatic rings. The Hall–Kier alpha value is -0.0800. The Bertz CT molecular complexity index is 135. The molecule has 0 aromatic heterocycles. The SMILES string of the molecule is CN(CCC1CCNC1)C1CC1. The lowest BCUT2D eigenvalue weighted by Crippen LogP contribution is -2.24. The molecule has 0 spiro atoms. The molecule has 70 valence electrons. The monoisotopic (exact) mass is 168 g/mol. The minimum absolute atomic E-state index is 0.944. The summed E-state index contributed by atoms with van der Waals surface area (Å²) in [7, 11) is 2.28. The summed E-state index contributed by atoms with van der Waals surface area (Å²) in [6.07, 6.45) is 5.69. The van der Waals surface area contributed by atoms with Crippen molar-refractivity contribution in [3.63, 3.8) is 0 Å². The number of rotatable bonds is 4. The van der Waals surface area contributed by atoms with Gasteiger partial charge in [-0.25, -0.2) is 0 Å². The predicted molar refractivity (Wildman–Crippen MR) is 51.2 cm³/mol. The van der Waals surface area contributed by atoms with Crippen LogP contribution in [0.3, 0.4) is 0 Å². The van der Waals surface area contributed by atoms with Crippen molar-refractivity contribution in [1.29, 1.82) is 0 Å². The van der Waals surface area contributed by atoms with Crippen LogP contribution in [0, 0.1) is 5.92 Å². The van der Waals surface area contributed by atoms with Gasteiger partial charge < -0.3 is 10.2 Å². The van der Waals surface area contributed by atoms with Gasteiger partial charge in [0.05, 0.1) is 0 Å². The summed E-state index contributed by atoms with van der Waals surface area (Å²) >= 11 is 0. The van der Waals surface area contributed by atoms with E-state index in [1.807, 2.05) is 0 Å². The fourth-order valence-corrected chi connectivity index (χ4v) is 2.04. The molecule has 12 heavy (non-hydrogen) atoms.